The van der Waals surface area contributed by atoms with Crippen LogP contribution < -0.4 is 9.80 Å². The van der Waals surface area contributed by atoms with E-state index in [0.717, 1.165) is 48.6 Å². The zero-order valence-electron chi connectivity index (χ0n) is 13.4. The summed E-state index contributed by atoms with van der Waals surface area (Å²) in [6.07, 6.45) is 6.79. The van der Waals surface area contributed by atoms with Gasteiger partial charge < -0.3 is 9.80 Å². The molecule has 1 saturated heterocycles. The first-order valence-electron chi connectivity index (χ1n) is 8.00. The van der Waals surface area contributed by atoms with Crippen LogP contribution in [0.3, 0.4) is 0 Å². The summed E-state index contributed by atoms with van der Waals surface area (Å²) in [6.45, 7) is 3.20. The van der Waals surface area contributed by atoms with E-state index in [0.29, 0.717) is 10.6 Å². The molecule has 0 unspecified atom stereocenters. The van der Waals surface area contributed by atoms with Gasteiger partial charge in [0, 0.05) is 55.2 Å². The minimum absolute atomic E-state index is 0.572. The Bertz CT molecular complexity index is 945. The topological polar surface area (TPSA) is 68.9 Å². The number of piperazine rings is 1. The van der Waals surface area contributed by atoms with Crippen LogP contribution in [-0.2, 0) is 0 Å². The van der Waals surface area contributed by atoms with Gasteiger partial charge in [0.15, 0.2) is 0 Å². The van der Waals surface area contributed by atoms with E-state index < -0.39 is 0 Å². The summed E-state index contributed by atoms with van der Waals surface area (Å²) in [5, 5.41) is 11.1. The molecule has 25 heavy (non-hydrogen) atoms. The Hall–Kier alpha value is -2.91. The number of aromatic nitrogens is 3. The number of hydrogen-bond donors (Lipinski definition) is 0. The highest BCUT2D eigenvalue weighted by Crippen LogP contribution is 2.32. The highest BCUT2D eigenvalue weighted by molar-refractivity contribution is 6.31. The van der Waals surface area contributed by atoms with Gasteiger partial charge in [-0.2, -0.15) is 5.26 Å². The van der Waals surface area contributed by atoms with Gasteiger partial charge >= 0.3 is 0 Å². The normalized spacial score (nSPS) is 14.6. The zero-order chi connectivity index (χ0) is 17.2. The maximum absolute atomic E-state index is 9.53. The molecule has 0 spiro atoms. The van der Waals surface area contributed by atoms with E-state index in [9.17, 15) is 5.26 Å². The summed E-state index contributed by atoms with van der Waals surface area (Å²) in [6, 6.07) is 7.85. The number of halogens is 1. The van der Waals surface area contributed by atoms with Crippen molar-refractivity contribution < 1.29 is 0 Å². The van der Waals surface area contributed by atoms with Crippen molar-refractivity contribution in [1.29, 1.82) is 5.26 Å². The number of fused-ring (bicyclic) bond motifs is 1. The average molecular weight is 351 g/mol. The Balaban J connectivity index is 1.67. The third-order valence-electron chi connectivity index (χ3n) is 4.39. The summed E-state index contributed by atoms with van der Waals surface area (Å²) in [5.41, 5.74) is 2.33. The van der Waals surface area contributed by atoms with Crippen molar-refractivity contribution in [2.24, 2.45) is 0 Å². The number of nitrogens with zero attached hydrogens (tertiary/aromatic N) is 6. The number of benzene rings is 1. The summed E-state index contributed by atoms with van der Waals surface area (Å²) in [7, 11) is 0. The van der Waals surface area contributed by atoms with Gasteiger partial charge in [-0.05, 0) is 18.2 Å². The van der Waals surface area contributed by atoms with E-state index >= 15 is 0 Å². The number of hydrogen-bond acceptors (Lipinski definition) is 6. The van der Waals surface area contributed by atoms with Gasteiger partial charge in [-0.15, -0.1) is 0 Å². The molecule has 1 aliphatic rings. The molecule has 0 atom stereocenters. The molecule has 124 valence electrons. The second-order valence-corrected chi connectivity index (χ2v) is 6.27. The Morgan fingerprint density at radius 1 is 1.00 bits per heavy atom. The number of anilines is 2. The van der Waals surface area contributed by atoms with Crippen molar-refractivity contribution in [3.63, 3.8) is 0 Å². The molecule has 2 aromatic heterocycles. The van der Waals surface area contributed by atoms with E-state index in [1.54, 1.807) is 24.8 Å². The van der Waals surface area contributed by atoms with Crippen LogP contribution in [0.25, 0.3) is 10.9 Å². The first kappa shape index (κ1) is 15.6. The van der Waals surface area contributed by atoms with Gasteiger partial charge in [0.25, 0.3) is 0 Å². The van der Waals surface area contributed by atoms with Crippen LogP contribution in [0.2, 0.25) is 5.02 Å². The van der Waals surface area contributed by atoms with Crippen molar-refractivity contribution >= 4 is 34.0 Å². The highest BCUT2D eigenvalue weighted by atomic mass is 35.5. The maximum Gasteiger partial charge on any atom is 0.147 e. The summed E-state index contributed by atoms with van der Waals surface area (Å²) in [5.74, 6) is 0.880. The fraction of sp³-hybridized carbons (Fsp3) is 0.222. The molecule has 0 aliphatic carbocycles. The molecule has 1 aromatic carbocycles. The quantitative estimate of drug-likeness (QED) is 0.708. The lowest BCUT2D eigenvalue weighted by molar-refractivity contribution is 0.647. The number of nitriles is 1. The molecule has 0 bridgehead atoms. The third kappa shape index (κ3) is 2.94. The Morgan fingerprint density at radius 2 is 1.80 bits per heavy atom. The predicted octanol–water partition coefficient (Wildman–Crippen LogP) is 2.88. The lowest BCUT2D eigenvalue weighted by Gasteiger charge is -2.37. The molecule has 0 amide bonds. The van der Waals surface area contributed by atoms with Crippen molar-refractivity contribution in [2.45, 2.75) is 0 Å². The molecule has 4 rings (SSSR count). The van der Waals surface area contributed by atoms with Crippen LogP contribution in [0.15, 0.2) is 43.0 Å². The number of pyridine rings is 1. The zero-order valence-corrected chi connectivity index (χ0v) is 14.2. The van der Waals surface area contributed by atoms with Crippen LogP contribution >= 0.6 is 11.6 Å². The van der Waals surface area contributed by atoms with Crippen LogP contribution in [0.5, 0.6) is 0 Å². The molecule has 0 radical (unpaired) electrons. The van der Waals surface area contributed by atoms with E-state index in [2.05, 4.69) is 30.8 Å². The van der Waals surface area contributed by atoms with Crippen molar-refractivity contribution in [2.75, 3.05) is 36.0 Å². The predicted molar refractivity (Wildman–Crippen MR) is 97.9 cm³/mol. The molecule has 7 heteroatoms. The van der Waals surface area contributed by atoms with E-state index in [4.69, 9.17) is 11.6 Å². The van der Waals surface area contributed by atoms with Gasteiger partial charge in [0.1, 0.15) is 11.9 Å². The second kappa shape index (κ2) is 6.54. The van der Waals surface area contributed by atoms with E-state index in [1.165, 1.54) is 0 Å². The Labute approximate surface area is 150 Å². The van der Waals surface area contributed by atoms with Crippen molar-refractivity contribution in [1.82, 2.24) is 15.0 Å². The largest absolute Gasteiger partial charge is 0.366 e. The number of rotatable bonds is 2. The minimum atomic E-state index is 0.572. The lowest BCUT2D eigenvalue weighted by atomic mass is 10.1. The fourth-order valence-electron chi connectivity index (χ4n) is 3.19. The molecule has 3 heterocycles. The van der Waals surface area contributed by atoms with Crippen molar-refractivity contribution in [3.8, 4) is 6.07 Å². The highest BCUT2D eigenvalue weighted by Gasteiger charge is 2.22. The van der Waals surface area contributed by atoms with Gasteiger partial charge in [-0.1, -0.05) is 11.6 Å². The lowest BCUT2D eigenvalue weighted by Crippen LogP contribution is -2.47. The summed E-state index contributed by atoms with van der Waals surface area (Å²) >= 11 is 6.18. The Kier molecular flexibility index (Phi) is 4.08. The van der Waals surface area contributed by atoms with Crippen molar-refractivity contribution in [3.05, 3.63) is 53.6 Å². The molecule has 0 saturated carbocycles. The second-order valence-electron chi connectivity index (χ2n) is 5.83. The van der Waals surface area contributed by atoms with E-state index in [1.807, 2.05) is 18.2 Å². The summed E-state index contributed by atoms with van der Waals surface area (Å²) in [4.78, 5) is 17.3. The van der Waals surface area contributed by atoms with Crippen LogP contribution in [0.4, 0.5) is 11.5 Å². The average Bonchev–Trinajstić information content (AvgIpc) is 2.68. The first-order chi connectivity index (χ1) is 12.3. The van der Waals surface area contributed by atoms with Gasteiger partial charge in [0.05, 0.1) is 23.0 Å². The van der Waals surface area contributed by atoms with Crippen LogP contribution in [-0.4, -0.2) is 41.1 Å². The Morgan fingerprint density at radius 3 is 2.52 bits per heavy atom. The van der Waals surface area contributed by atoms with Gasteiger partial charge in [-0.25, -0.2) is 4.98 Å². The molecular formula is C18H15ClN6. The molecule has 0 N–H and O–H groups in total. The SMILES string of the molecule is N#Cc1cnc2ccc(Cl)cc2c1N1CCN(c2cnccn2)CC1. The monoisotopic (exact) mass is 350 g/mol. The molecular weight excluding hydrogens is 336 g/mol. The van der Waals surface area contributed by atoms with E-state index in [-0.39, 0.29) is 0 Å². The maximum atomic E-state index is 9.53. The van der Waals surface area contributed by atoms with Crippen LogP contribution in [0, 0.1) is 11.3 Å². The smallest absolute Gasteiger partial charge is 0.147 e. The molecule has 3 aromatic rings. The van der Waals surface area contributed by atoms with Gasteiger partial charge in [-0.3, -0.25) is 9.97 Å². The summed E-state index contributed by atoms with van der Waals surface area (Å²) < 4.78 is 0. The molecule has 1 aliphatic heterocycles. The van der Waals surface area contributed by atoms with Crippen LogP contribution in [0.1, 0.15) is 5.56 Å². The minimum Gasteiger partial charge on any atom is -0.366 e. The van der Waals surface area contributed by atoms with Gasteiger partial charge in [0.2, 0.25) is 0 Å². The first-order valence-corrected chi connectivity index (χ1v) is 8.38. The standard InChI is InChI=1S/C18H15ClN6/c19-14-1-2-16-15(9-14)18(13(10-20)11-23-16)25-7-5-24(6-8-25)17-12-21-3-4-22-17/h1-4,9,11-12H,5-8H2. The fourth-order valence-corrected chi connectivity index (χ4v) is 3.36. The third-order valence-corrected chi connectivity index (χ3v) is 4.63. The molecule has 6 nitrogen and oxygen atoms in total. The molecule has 1 fully saturated rings.